The number of carbonyl (C=O) groups excluding carboxylic acids is 1. The number of carbonyl (C=O) groups is 1. The Morgan fingerprint density at radius 3 is 2.52 bits per heavy atom. The van der Waals surface area contributed by atoms with Crippen LogP contribution in [0.4, 0.5) is 5.69 Å². The average Bonchev–Trinajstić information content (AvgIpc) is 2.57. The van der Waals surface area contributed by atoms with Gasteiger partial charge in [-0.3, -0.25) is 9.69 Å². The van der Waals surface area contributed by atoms with Crippen molar-refractivity contribution in [1.82, 2.24) is 10.2 Å². The van der Waals surface area contributed by atoms with Crippen molar-refractivity contribution in [3.05, 3.63) is 66.2 Å². The highest BCUT2D eigenvalue weighted by Gasteiger charge is 2.21. The van der Waals surface area contributed by atoms with E-state index >= 15 is 0 Å². The van der Waals surface area contributed by atoms with Crippen LogP contribution in [0.3, 0.4) is 0 Å². The van der Waals surface area contributed by atoms with Crippen LogP contribution < -0.4 is 10.6 Å². The number of para-hydroxylation sites is 1. The molecule has 1 atom stereocenters. The first kappa shape index (κ1) is 15.7. The molecule has 2 N–H and O–H groups in total. The van der Waals surface area contributed by atoms with Crippen LogP contribution in [-0.2, 0) is 11.3 Å². The second-order valence-electron chi connectivity index (χ2n) is 5.99. The zero-order valence-corrected chi connectivity index (χ0v) is 13.2. The van der Waals surface area contributed by atoms with Crippen molar-refractivity contribution in [3.8, 4) is 0 Å². The molecule has 0 saturated carbocycles. The normalized spacial score (nSPS) is 18.5. The molecule has 0 spiro atoms. The molecule has 0 aromatic heterocycles. The predicted molar refractivity (Wildman–Crippen MR) is 93.2 cm³/mol. The molecule has 1 amide bonds. The summed E-state index contributed by atoms with van der Waals surface area (Å²) in [6.07, 6.45) is 0.500. The molecule has 120 valence electrons. The third-order valence-electron chi connectivity index (χ3n) is 4.08. The van der Waals surface area contributed by atoms with E-state index in [1.807, 2.05) is 36.4 Å². The molecule has 0 aliphatic carbocycles. The fourth-order valence-electron chi connectivity index (χ4n) is 2.97. The second-order valence-corrected chi connectivity index (χ2v) is 5.99. The lowest BCUT2D eigenvalue weighted by Gasteiger charge is -2.33. The minimum absolute atomic E-state index is 0.0651. The maximum absolute atomic E-state index is 12.2. The van der Waals surface area contributed by atoms with Gasteiger partial charge in [-0.2, -0.15) is 0 Å². The summed E-state index contributed by atoms with van der Waals surface area (Å²) < 4.78 is 0. The van der Waals surface area contributed by atoms with Crippen LogP contribution in [0.25, 0.3) is 0 Å². The number of hydrogen-bond donors (Lipinski definition) is 2. The third kappa shape index (κ3) is 4.91. The monoisotopic (exact) mass is 309 g/mol. The zero-order valence-electron chi connectivity index (χ0n) is 13.2. The van der Waals surface area contributed by atoms with Crippen molar-refractivity contribution >= 4 is 11.6 Å². The highest BCUT2D eigenvalue weighted by molar-refractivity contribution is 5.91. The summed E-state index contributed by atoms with van der Waals surface area (Å²) in [4.78, 5) is 14.6. The van der Waals surface area contributed by atoms with E-state index in [4.69, 9.17) is 0 Å². The van der Waals surface area contributed by atoms with Gasteiger partial charge in [-0.1, -0.05) is 48.5 Å². The number of benzene rings is 2. The van der Waals surface area contributed by atoms with Crippen LogP contribution in [0.15, 0.2) is 60.7 Å². The number of nitrogens with one attached hydrogen (secondary N) is 2. The first-order chi connectivity index (χ1) is 11.3. The molecule has 1 fully saturated rings. The Labute approximate surface area is 137 Å². The zero-order chi connectivity index (χ0) is 15.9. The van der Waals surface area contributed by atoms with Gasteiger partial charge in [-0.15, -0.1) is 0 Å². The van der Waals surface area contributed by atoms with E-state index in [1.54, 1.807) is 0 Å². The van der Waals surface area contributed by atoms with Crippen LogP contribution in [-0.4, -0.2) is 36.5 Å². The summed E-state index contributed by atoms with van der Waals surface area (Å²) >= 11 is 0. The van der Waals surface area contributed by atoms with E-state index in [0.29, 0.717) is 6.42 Å². The molecule has 4 nitrogen and oxygen atoms in total. The van der Waals surface area contributed by atoms with Gasteiger partial charge in [0.05, 0.1) is 0 Å². The summed E-state index contributed by atoms with van der Waals surface area (Å²) in [5, 5.41) is 6.41. The maximum Gasteiger partial charge on any atom is 0.225 e. The van der Waals surface area contributed by atoms with Crippen LogP contribution in [0.5, 0.6) is 0 Å². The van der Waals surface area contributed by atoms with E-state index in [2.05, 4.69) is 39.8 Å². The van der Waals surface area contributed by atoms with Gasteiger partial charge < -0.3 is 10.6 Å². The van der Waals surface area contributed by atoms with E-state index in [1.165, 1.54) is 5.56 Å². The van der Waals surface area contributed by atoms with Gasteiger partial charge >= 0.3 is 0 Å². The summed E-state index contributed by atoms with van der Waals surface area (Å²) in [5.74, 6) is 0.0651. The molecule has 23 heavy (non-hydrogen) atoms. The summed E-state index contributed by atoms with van der Waals surface area (Å²) in [7, 11) is 0. The Hall–Kier alpha value is -2.17. The maximum atomic E-state index is 12.2. The number of nitrogens with zero attached hydrogens (tertiary/aromatic N) is 1. The van der Waals surface area contributed by atoms with Crippen LogP contribution in [0.1, 0.15) is 12.0 Å². The van der Waals surface area contributed by atoms with E-state index < -0.39 is 0 Å². The Bertz CT molecular complexity index is 615. The Kier molecular flexibility index (Phi) is 5.40. The minimum atomic E-state index is 0.0651. The van der Waals surface area contributed by atoms with Crippen LogP contribution in [0.2, 0.25) is 0 Å². The number of amides is 1. The van der Waals surface area contributed by atoms with E-state index in [0.717, 1.165) is 31.9 Å². The van der Waals surface area contributed by atoms with Gasteiger partial charge in [0, 0.05) is 44.3 Å². The number of piperazine rings is 1. The van der Waals surface area contributed by atoms with Gasteiger partial charge in [0.1, 0.15) is 0 Å². The fraction of sp³-hybridized carbons (Fsp3) is 0.316. The first-order valence-electron chi connectivity index (χ1n) is 8.14. The predicted octanol–water partition coefficient (Wildman–Crippen LogP) is 2.49. The molecule has 0 bridgehead atoms. The molecule has 2 aromatic rings. The molecular weight excluding hydrogens is 286 g/mol. The lowest BCUT2D eigenvalue weighted by Crippen LogP contribution is -2.51. The number of anilines is 1. The number of hydrogen-bond acceptors (Lipinski definition) is 3. The van der Waals surface area contributed by atoms with Gasteiger partial charge in [-0.05, 0) is 17.7 Å². The van der Waals surface area contributed by atoms with Crippen molar-refractivity contribution in [2.24, 2.45) is 0 Å². The van der Waals surface area contributed by atoms with Gasteiger partial charge in [0.25, 0.3) is 0 Å². The quantitative estimate of drug-likeness (QED) is 0.892. The minimum Gasteiger partial charge on any atom is -0.326 e. The summed E-state index contributed by atoms with van der Waals surface area (Å²) in [6, 6.07) is 20.3. The summed E-state index contributed by atoms with van der Waals surface area (Å²) in [5.41, 5.74) is 2.18. The Morgan fingerprint density at radius 2 is 1.78 bits per heavy atom. The van der Waals surface area contributed by atoms with E-state index in [9.17, 15) is 4.79 Å². The first-order valence-corrected chi connectivity index (χ1v) is 8.14. The molecule has 0 unspecified atom stereocenters. The van der Waals surface area contributed by atoms with Crippen LogP contribution in [0, 0.1) is 0 Å². The fourth-order valence-corrected chi connectivity index (χ4v) is 2.97. The molecule has 2 aromatic carbocycles. The molecule has 1 aliphatic heterocycles. The molecule has 3 rings (SSSR count). The van der Waals surface area contributed by atoms with Crippen molar-refractivity contribution < 1.29 is 4.79 Å². The molecular formula is C19H23N3O. The molecule has 4 heteroatoms. The van der Waals surface area contributed by atoms with Crippen molar-refractivity contribution in [3.63, 3.8) is 0 Å². The molecule has 0 radical (unpaired) electrons. The Morgan fingerprint density at radius 1 is 1.09 bits per heavy atom. The standard InChI is InChI=1S/C19H23N3O/c23-19(21-17-9-5-2-6-10-17)13-18-15-22(12-11-20-18)14-16-7-3-1-4-8-16/h1-10,18,20H,11-15H2,(H,21,23)/t18-/m1/s1. The second kappa shape index (κ2) is 7.90. The lowest BCUT2D eigenvalue weighted by atomic mass is 10.1. The molecule has 1 saturated heterocycles. The smallest absolute Gasteiger partial charge is 0.225 e. The summed E-state index contributed by atoms with van der Waals surface area (Å²) in [6.45, 7) is 3.79. The van der Waals surface area contributed by atoms with Crippen molar-refractivity contribution in [2.75, 3.05) is 25.0 Å². The van der Waals surface area contributed by atoms with Crippen molar-refractivity contribution in [1.29, 1.82) is 0 Å². The topological polar surface area (TPSA) is 44.4 Å². The average molecular weight is 309 g/mol. The highest BCUT2D eigenvalue weighted by atomic mass is 16.1. The Balaban J connectivity index is 1.49. The van der Waals surface area contributed by atoms with Gasteiger partial charge in [0.15, 0.2) is 0 Å². The molecule has 1 aliphatic rings. The highest BCUT2D eigenvalue weighted by Crippen LogP contribution is 2.11. The largest absolute Gasteiger partial charge is 0.326 e. The van der Waals surface area contributed by atoms with Crippen LogP contribution >= 0.6 is 0 Å². The number of rotatable bonds is 5. The third-order valence-corrected chi connectivity index (χ3v) is 4.08. The van der Waals surface area contributed by atoms with Crippen molar-refractivity contribution in [2.45, 2.75) is 19.0 Å². The van der Waals surface area contributed by atoms with Gasteiger partial charge in [0.2, 0.25) is 5.91 Å². The molecule has 1 heterocycles. The lowest BCUT2D eigenvalue weighted by molar-refractivity contribution is -0.116. The van der Waals surface area contributed by atoms with E-state index in [-0.39, 0.29) is 11.9 Å². The SMILES string of the molecule is O=C(C[C@@H]1CN(Cc2ccccc2)CCN1)Nc1ccccc1. The van der Waals surface area contributed by atoms with Gasteiger partial charge in [-0.25, -0.2) is 0 Å².